The molecule has 0 saturated carbocycles. The highest BCUT2D eigenvalue weighted by Crippen LogP contribution is 2.29. The summed E-state index contributed by atoms with van der Waals surface area (Å²) in [5, 5.41) is 9.06. The summed E-state index contributed by atoms with van der Waals surface area (Å²) in [6.45, 7) is 2.74. The molecular formula is C12H18N2O3. The van der Waals surface area contributed by atoms with E-state index >= 15 is 0 Å². The van der Waals surface area contributed by atoms with Crippen molar-refractivity contribution in [2.45, 2.75) is 12.8 Å². The number of ether oxygens (including phenoxy) is 2. The molecule has 2 aliphatic heterocycles. The molecule has 0 aromatic heterocycles. The number of nitrogens with zero attached hydrogens (tertiary/aromatic N) is 2. The molecule has 2 aliphatic rings. The van der Waals surface area contributed by atoms with Crippen LogP contribution in [0.3, 0.4) is 0 Å². The zero-order valence-electron chi connectivity index (χ0n) is 10.1. The van der Waals surface area contributed by atoms with E-state index in [1.807, 2.05) is 0 Å². The van der Waals surface area contributed by atoms with Gasteiger partial charge in [-0.15, -0.1) is 0 Å². The lowest BCUT2D eigenvalue weighted by Gasteiger charge is -2.37. The average molecular weight is 238 g/mol. The van der Waals surface area contributed by atoms with Crippen LogP contribution in [0.2, 0.25) is 0 Å². The lowest BCUT2D eigenvalue weighted by molar-refractivity contribution is -0.160. The van der Waals surface area contributed by atoms with Crippen LogP contribution in [-0.4, -0.2) is 50.8 Å². The van der Waals surface area contributed by atoms with Crippen molar-refractivity contribution in [2.24, 2.45) is 11.3 Å². The van der Waals surface area contributed by atoms with Crippen molar-refractivity contribution >= 4 is 5.91 Å². The van der Waals surface area contributed by atoms with Crippen molar-refractivity contribution in [2.75, 3.05) is 40.0 Å². The summed E-state index contributed by atoms with van der Waals surface area (Å²) in [6.07, 6.45) is 1.99. The molecule has 0 spiro atoms. The van der Waals surface area contributed by atoms with E-state index in [0.717, 1.165) is 26.1 Å². The van der Waals surface area contributed by atoms with Crippen LogP contribution < -0.4 is 0 Å². The smallest absolute Gasteiger partial charge is 0.247 e. The molecule has 0 aromatic carbocycles. The van der Waals surface area contributed by atoms with E-state index in [2.05, 4.69) is 6.07 Å². The number of carbonyl (C=O) groups excluding carboxylic acids is 1. The van der Waals surface area contributed by atoms with Gasteiger partial charge in [0.1, 0.15) is 0 Å². The Morgan fingerprint density at radius 2 is 2.06 bits per heavy atom. The minimum absolute atomic E-state index is 0.0993. The highest BCUT2D eigenvalue weighted by Gasteiger charge is 2.48. The molecule has 0 bridgehead atoms. The molecule has 5 nitrogen and oxygen atoms in total. The molecule has 0 radical (unpaired) electrons. The second-order valence-electron chi connectivity index (χ2n) is 4.93. The Kier molecular flexibility index (Phi) is 3.65. The second kappa shape index (κ2) is 5.03. The van der Waals surface area contributed by atoms with Crippen LogP contribution in [0.4, 0.5) is 0 Å². The molecule has 2 rings (SSSR count). The minimum atomic E-state index is -0.917. The average Bonchev–Trinajstić information content (AvgIpc) is 2.29. The van der Waals surface area contributed by atoms with Crippen LogP contribution in [0.1, 0.15) is 12.8 Å². The molecule has 5 heteroatoms. The first-order valence-electron chi connectivity index (χ1n) is 6.00. The van der Waals surface area contributed by atoms with Crippen molar-refractivity contribution < 1.29 is 14.3 Å². The number of amides is 1. The molecular weight excluding hydrogens is 220 g/mol. The fraction of sp³-hybridized carbons (Fsp3) is 0.833. The van der Waals surface area contributed by atoms with Gasteiger partial charge in [-0.1, -0.05) is 0 Å². The van der Waals surface area contributed by atoms with Gasteiger partial charge in [0, 0.05) is 26.8 Å². The van der Waals surface area contributed by atoms with Gasteiger partial charge in [-0.25, -0.2) is 0 Å². The summed E-state index contributed by atoms with van der Waals surface area (Å²) in [5.41, 5.74) is -0.917. The Balaban J connectivity index is 1.88. The fourth-order valence-corrected chi connectivity index (χ4v) is 2.31. The quantitative estimate of drug-likeness (QED) is 0.714. The second-order valence-corrected chi connectivity index (χ2v) is 4.93. The maximum absolute atomic E-state index is 12.1. The van der Waals surface area contributed by atoms with E-state index < -0.39 is 5.41 Å². The van der Waals surface area contributed by atoms with Gasteiger partial charge in [-0.2, -0.15) is 5.26 Å². The molecule has 2 fully saturated rings. The van der Waals surface area contributed by atoms with Crippen molar-refractivity contribution in [1.82, 2.24) is 4.90 Å². The van der Waals surface area contributed by atoms with Gasteiger partial charge in [-0.05, 0) is 18.8 Å². The van der Waals surface area contributed by atoms with E-state index in [9.17, 15) is 4.79 Å². The molecule has 0 N–H and O–H groups in total. The van der Waals surface area contributed by atoms with Crippen molar-refractivity contribution in [3.8, 4) is 6.07 Å². The van der Waals surface area contributed by atoms with Crippen molar-refractivity contribution in [3.63, 3.8) is 0 Å². The predicted molar refractivity (Wildman–Crippen MR) is 60.0 cm³/mol. The van der Waals surface area contributed by atoms with Crippen LogP contribution >= 0.6 is 0 Å². The minimum Gasteiger partial charge on any atom is -0.381 e. The number of hydrogen-bond acceptors (Lipinski definition) is 4. The summed E-state index contributed by atoms with van der Waals surface area (Å²) in [6, 6.07) is 2.09. The highest BCUT2D eigenvalue weighted by atomic mass is 16.5. The Labute approximate surface area is 101 Å². The van der Waals surface area contributed by atoms with E-state index in [1.165, 1.54) is 0 Å². The molecule has 94 valence electrons. The van der Waals surface area contributed by atoms with Crippen molar-refractivity contribution in [3.05, 3.63) is 0 Å². The van der Waals surface area contributed by atoms with E-state index in [0.29, 0.717) is 12.5 Å². The Morgan fingerprint density at radius 1 is 1.41 bits per heavy atom. The lowest BCUT2D eigenvalue weighted by Crippen LogP contribution is -2.54. The summed E-state index contributed by atoms with van der Waals surface area (Å²) in [7, 11) is 1.77. The third-order valence-electron chi connectivity index (χ3n) is 3.54. The molecule has 0 aromatic rings. The molecule has 1 amide bonds. The largest absolute Gasteiger partial charge is 0.381 e. The van der Waals surface area contributed by atoms with E-state index in [4.69, 9.17) is 14.7 Å². The van der Waals surface area contributed by atoms with Gasteiger partial charge in [0.15, 0.2) is 5.41 Å². The number of nitriles is 1. The maximum atomic E-state index is 12.1. The van der Waals surface area contributed by atoms with Gasteiger partial charge in [0.2, 0.25) is 5.91 Å². The Morgan fingerprint density at radius 3 is 2.53 bits per heavy atom. The zero-order chi connectivity index (χ0) is 12.3. The van der Waals surface area contributed by atoms with Crippen LogP contribution in [0.15, 0.2) is 0 Å². The predicted octanol–water partition coefficient (Wildman–Crippen LogP) is 0.412. The van der Waals surface area contributed by atoms with Gasteiger partial charge in [0.05, 0.1) is 19.3 Å². The third-order valence-corrected chi connectivity index (χ3v) is 3.54. The standard InChI is InChI=1S/C12H18N2O3/c1-14(6-10-2-4-16-5-3-10)11(15)12(7-13)8-17-9-12/h10H,2-6,8-9H2,1H3. The SMILES string of the molecule is CN(CC1CCOCC1)C(=O)C1(C#N)COC1. The molecule has 17 heavy (non-hydrogen) atoms. The van der Waals surface area contributed by atoms with Crippen LogP contribution in [-0.2, 0) is 14.3 Å². The van der Waals surface area contributed by atoms with E-state index in [1.54, 1.807) is 11.9 Å². The fourth-order valence-electron chi connectivity index (χ4n) is 2.31. The number of carbonyl (C=O) groups is 1. The van der Waals surface area contributed by atoms with Gasteiger partial charge in [-0.3, -0.25) is 4.79 Å². The van der Waals surface area contributed by atoms with Crippen LogP contribution in [0.5, 0.6) is 0 Å². The molecule has 0 aliphatic carbocycles. The first-order valence-corrected chi connectivity index (χ1v) is 6.00. The summed E-state index contributed by atoms with van der Waals surface area (Å²) >= 11 is 0. The monoisotopic (exact) mass is 238 g/mol. The Bertz CT molecular complexity index is 327. The van der Waals surface area contributed by atoms with Crippen LogP contribution in [0.25, 0.3) is 0 Å². The van der Waals surface area contributed by atoms with Gasteiger partial charge < -0.3 is 14.4 Å². The normalized spacial score (nSPS) is 23.5. The summed E-state index contributed by atoms with van der Waals surface area (Å²) < 4.78 is 10.3. The first-order chi connectivity index (χ1) is 8.18. The lowest BCUT2D eigenvalue weighted by atomic mass is 9.86. The van der Waals surface area contributed by atoms with E-state index in [-0.39, 0.29) is 19.1 Å². The van der Waals surface area contributed by atoms with Crippen molar-refractivity contribution in [1.29, 1.82) is 5.26 Å². The summed E-state index contributed by atoms with van der Waals surface area (Å²) in [4.78, 5) is 13.8. The van der Waals surface area contributed by atoms with Gasteiger partial charge in [0.25, 0.3) is 0 Å². The highest BCUT2D eigenvalue weighted by molar-refractivity contribution is 5.86. The molecule has 0 atom stereocenters. The number of rotatable bonds is 3. The zero-order valence-corrected chi connectivity index (χ0v) is 10.1. The number of hydrogen-bond donors (Lipinski definition) is 0. The maximum Gasteiger partial charge on any atom is 0.247 e. The molecule has 2 saturated heterocycles. The topological polar surface area (TPSA) is 62.6 Å². The third kappa shape index (κ3) is 2.43. The first kappa shape index (κ1) is 12.3. The van der Waals surface area contributed by atoms with Crippen LogP contribution in [0, 0.1) is 22.7 Å². The molecule has 0 unspecified atom stereocenters. The Hall–Kier alpha value is -1.12. The molecule has 2 heterocycles. The van der Waals surface area contributed by atoms with Gasteiger partial charge >= 0.3 is 0 Å². The summed E-state index contributed by atoms with van der Waals surface area (Å²) in [5.74, 6) is 0.396.